The molecular formula is C29H37F4N5O3. The Balaban J connectivity index is 0.000000315. The van der Waals surface area contributed by atoms with Gasteiger partial charge in [-0.1, -0.05) is 19.1 Å². The molecule has 41 heavy (non-hydrogen) atoms. The Morgan fingerprint density at radius 1 is 1.17 bits per heavy atom. The smallest absolute Gasteiger partial charge is 0.419 e. The normalized spacial score (nSPS) is 24.8. The van der Waals surface area contributed by atoms with Gasteiger partial charge in [0.05, 0.1) is 44.3 Å². The van der Waals surface area contributed by atoms with Crippen molar-refractivity contribution < 1.29 is 31.8 Å². The molecule has 0 amide bonds. The van der Waals surface area contributed by atoms with Crippen LogP contribution >= 0.6 is 0 Å². The van der Waals surface area contributed by atoms with Crippen LogP contribution in [-0.2, 0) is 28.7 Å². The lowest BCUT2D eigenvalue weighted by Gasteiger charge is -2.31. The summed E-state index contributed by atoms with van der Waals surface area (Å²) in [7, 11) is 1.42. The molecule has 3 fully saturated rings. The number of alkyl halides is 3. The molecule has 2 N–H and O–H groups in total. The molecule has 0 radical (unpaired) electrons. The van der Waals surface area contributed by atoms with E-state index in [0.29, 0.717) is 49.4 Å². The Hall–Kier alpha value is -2.96. The molecule has 3 saturated heterocycles. The minimum absolute atomic E-state index is 0.00686. The first-order valence-electron chi connectivity index (χ1n) is 14.0. The molecular weight excluding hydrogens is 542 g/mol. The topological polar surface area (TPSA) is 86.0 Å². The summed E-state index contributed by atoms with van der Waals surface area (Å²) in [4.78, 5) is 13.5. The van der Waals surface area contributed by atoms with Gasteiger partial charge in [0.15, 0.2) is 0 Å². The number of fused-ring (bicyclic) bond motifs is 2. The van der Waals surface area contributed by atoms with E-state index < -0.39 is 23.7 Å². The van der Waals surface area contributed by atoms with Crippen LogP contribution in [0.1, 0.15) is 54.7 Å². The summed E-state index contributed by atoms with van der Waals surface area (Å²) >= 11 is 0. The number of anilines is 2. The number of halogens is 4. The van der Waals surface area contributed by atoms with Crippen molar-refractivity contribution in [3.8, 4) is 6.01 Å². The van der Waals surface area contributed by atoms with Crippen LogP contribution in [0.25, 0.3) is 0 Å². The Labute approximate surface area is 237 Å². The zero-order valence-electron chi connectivity index (χ0n) is 23.5. The number of hydrogen-bond acceptors (Lipinski definition) is 8. The van der Waals surface area contributed by atoms with Crippen LogP contribution in [-0.4, -0.2) is 67.4 Å². The number of nitrogens with zero attached hydrogens (tertiary/aromatic N) is 4. The van der Waals surface area contributed by atoms with Crippen molar-refractivity contribution in [3.63, 3.8) is 0 Å². The van der Waals surface area contributed by atoms with Gasteiger partial charge >= 0.3 is 12.2 Å². The van der Waals surface area contributed by atoms with Crippen LogP contribution in [0.3, 0.4) is 0 Å². The van der Waals surface area contributed by atoms with E-state index in [-0.39, 0.29) is 36.2 Å². The number of ether oxygens (including phenoxy) is 3. The molecule has 224 valence electrons. The molecule has 12 heteroatoms. The van der Waals surface area contributed by atoms with Crippen LogP contribution in [0.2, 0.25) is 0 Å². The van der Waals surface area contributed by atoms with Gasteiger partial charge in [0.1, 0.15) is 11.6 Å². The van der Waals surface area contributed by atoms with Crippen LogP contribution in [0.5, 0.6) is 6.01 Å². The summed E-state index contributed by atoms with van der Waals surface area (Å²) in [5.41, 5.74) is 6.42. The van der Waals surface area contributed by atoms with Crippen molar-refractivity contribution in [2.24, 2.45) is 5.92 Å². The minimum Gasteiger partial charge on any atom is -0.467 e. The number of rotatable bonds is 3. The molecule has 0 saturated carbocycles. The second kappa shape index (κ2) is 12.1. The van der Waals surface area contributed by atoms with Crippen molar-refractivity contribution in [2.45, 2.75) is 57.5 Å². The summed E-state index contributed by atoms with van der Waals surface area (Å²) in [6.07, 6.45) is -1.87. The van der Waals surface area contributed by atoms with Crippen molar-refractivity contribution >= 4 is 11.5 Å². The summed E-state index contributed by atoms with van der Waals surface area (Å²) < 4.78 is 71.7. The molecule has 6 rings (SSSR count). The van der Waals surface area contributed by atoms with Crippen molar-refractivity contribution in [2.75, 3.05) is 57.1 Å². The van der Waals surface area contributed by atoms with E-state index in [2.05, 4.69) is 28.4 Å². The average Bonchev–Trinajstić information content (AvgIpc) is 3.41. The number of hydrogen-bond donors (Lipinski definition) is 1. The fourth-order valence-electron chi connectivity index (χ4n) is 6.18. The van der Waals surface area contributed by atoms with Crippen LogP contribution < -0.4 is 15.4 Å². The maximum atomic E-state index is 14.2. The van der Waals surface area contributed by atoms with Crippen molar-refractivity contribution in [1.82, 2.24) is 14.9 Å². The lowest BCUT2D eigenvalue weighted by atomic mass is 9.94. The molecule has 0 spiro atoms. The average molecular weight is 580 g/mol. The Morgan fingerprint density at radius 3 is 2.71 bits per heavy atom. The highest BCUT2D eigenvalue weighted by Gasteiger charge is 2.41. The predicted octanol–water partition coefficient (Wildman–Crippen LogP) is 4.92. The monoisotopic (exact) mass is 579 g/mol. The third kappa shape index (κ3) is 6.60. The molecule has 3 unspecified atom stereocenters. The number of nitrogen functional groups attached to an aromatic ring is 1. The molecule has 1 aromatic heterocycles. The summed E-state index contributed by atoms with van der Waals surface area (Å²) in [5, 5.41) is 0. The molecule has 5 heterocycles. The van der Waals surface area contributed by atoms with Gasteiger partial charge < -0.3 is 24.8 Å². The molecule has 4 aliphatic rings. The number of aromatic nitrogens is 2. The van der Waals surface area contributed by atoms with Crippen LogP contribution in [0.15, 0.2) is 24.3 Å². The van der Waals surface area contributed by atoms with Gasteiger partial charge in [-0.3, -0.25) is 4.90 Å². The van der Waals surface area contributed by atoms with Gasteiger partial charge in [-0.25, -0.2) is 4.39 Å². The molecule has 4 aliphatic heterocycles. The van der Waals surface area contributed by atoms with Gasteiger partial charge in [0.25, 0.3) is 0 Å². The Kier molecular flexibility index (Phi) is 8.72. The van der Waals surface area contributed by atoms with Crippen LogP contribution in [0, 0.1) is 11.7 Å². The molecule has 1 aromatic carbocycles. The zero-order valence-corrected chi connectivity index (χ0v) is 23.5. The van der Waals surface area contributed by atoms with Gasteiger partial charge in [-0.15, -0.1) is 0 Å². The first kappa shape index (κ1) is 29.5. The zero-order chi connectivity index (χ0) is 29.3. The first-order valence-corrected chi connectivity index (χ1v) is 14.0. The Morgan fingerprint density at radius 2 is 1.98 bits per heavy atom. The number of nitrogens with two attached hydrogens (primary N) is 1. The molecule has 8 nitrogen and oxygen atoms in total. The Bertz CT molecular complexity index is 1260. The summed E-state index contributed by atoms with van der Waals surface area (Å²) in [6.45, 7) is 11.0. The highest BCUT2D eigenvalue weighted by atomic mass is 19.4. The van der Waals surface area contributed by atoms with Crippen molar-refractivity contribution in [1.29, 1.82) is 0 Å². The first-order chi connectivity index (χ1) is 19.5. The predicted molar refractivity (Wildman–Crippen MR) is 146 cm³/mol. The third-order valence-corrected chi connectivity index (χ3v) is 8.00. The minimum atomic E-state index is -4.90. The van der Waals surface area contributed by atoms with E-state index in [1.807, 2.05) is 4.90 Å². The van der Waals surface area contributed by atoms with E-state index in [4.69, 9.17) is 19.9 Å². The lowest BCUT2D eigenvalue weighted by molar-refractivity contribution is -0.142. The largest absolute Gasteiger partial charge is 0.467 e. The highest BCUT2D eigenvalue weighted by Crippen LogP contribution is 2.42. The SMILES string of the molecule is C=C1CC2CCCN2C1.COc1nc2c(c(N3CCOCC(C)C3)n1)COC(c1cc(N)cc(F)c1C(F)(F)F)C2. The van der Waals surface area contributed by atoms with E-state index >= 15 is 0 Å². The van der Waals surface area contributed by atoms with Gasteiger partial charge in [0.2, 0.25) is 0 Å². The maximum Gasteiger partial charge on any atom is 0.419 e. The molecule has 0 bridgehead atoms. The van der Waals surface area contributed by atoms with Gasteiger partial charge in [0, 0.05) is 43.3 Å². The standard InChI is InChI=1S/C21H24F4N4O3.C8H13N/c1-11-8-29(3-4-31-9-11)19-14-10-32-17(7-16(14)27-20(28-19)30-2)13-5-12(26)6-15(22)18(13)21(23,24)25;1-7-5-8-3-2-4-9(8)6-7/h5-6,11,17H,3-4,7-10,26H2,1-2H3;8H,1-6H2. The molecule has 2 aromatic rings. The summed E-state index contributed by atoms with van der Waals surface area (Å²) in [6, 6.07) is 2.76. The third-order valence-electron chi connectivity index (χ3n) is 8.00. The van der Waals surface area contributed by atoms with Gasteiger partial charge in [-0.05, 0) is 49.4 Å². The molecule has 3 atom stereocenters. The second-order valence-electron chi connectivity index (χ2n) is 11.3. The van der Waals surface area contributed by atoms with Gasteiger partial charge in [-0.2, -0.15) is 23.1 Å². The lowest BCUT2D eigenvalue weighted by Crippen LogP contribution is -2.32. The van der Waals surface area contributed by atoms with Crippen molar-refractivity contribution in [3.05, 3.63) is 52.5 Å². The maximum absolute atomic E-state index is 14.2. The number of benzene rings is 1. The fraction of sp³-hybridized carbons (Fsp3) is 0.586. The molecule has 0 aliphatic carbocycles. The fourth-order valence-corrected chi connectivity index (χ4v) is 6.18. The van der Waals surface area contributed by atoms with Crippen LogP contribution in [0.4, 0.5) is 29.1 Å². The van der Waals surface area contributed by atoms with E-state index in [1.165, 1.54) is 45.0 Å². The number of methoxy groups -OCH3 is 1. The second-order valence-corrected chi connectivity index (χ2v) is 11.3. The highest BCUT2D eigenvalue weighted by molar-refractivity contribution is 5.53. The quantitative estimate of drug-likeness (QED) is 0.312. The van der Waals surface area contributed by atoms with E-state index in [9.17, 15) is 17.6 Å². The van der Waals surface area contributed by atoms with E-state index in [0.717, 1.165) is 12.1 Å². The summed E-state index contributed by atoms with van der Waals surface area (Å²) in [5.74, 6) is -0.560. The van der Waals surface area contributed by atoms with E-state index in [1.54, 1.807) is 0 Å².